The molecule has 0 aliphatic heterocycles. The predicted molar refractivity (Wildman–Crippen MR) is 19.8 cm³/mol. The maximum atomic E-state index is 9.53. The Morgan fingerprint density at radius 1 is 0.818 bits per heavy atom. The topological polar surface area (TPSA) is 118 Å². The van der Waals surface area contributed by atoms with Crippen LogP contribution in [0.3, 0.4) is 0 Å². The van der Waals surface area contributed by atoms with Crippen LogP contribution in [-0.4, -0.2) is 62.9 Å². The van der Waals surface area contributed by atoms with Gasteiger partial charge in [-0.2, -0.15) is 0 Å². The molecule has 2 N–H and O–H groups in total. The van der Waals surface area contributed by atoms with E-state index in [4.69, 9.17) is 8.32 Å². The SMILES string of the molecule is [O]=[Cr](=[O])([OH])[O][Cr](=[O])(=[O])[OH].[Tl].[Tl]. The van der Waals surface area contributed by atoms with Gasteiger partial charge in [-0.25, -0.2) is 0 Å². The molecule has 0 amide bonds. The van der Waals surface area contributed by atoms with E-state index in [1.165, 1.54) is 0 Å². The predicted octanol–water partition coefficient (Wildman–Crippen LogP) is -2.42. The summed E-state index contributed by atoms with van der Waals surface area (Å²) in [6.07, 6.45) is 0. The molecule has 2 radical (unpaired) electrons. The first-order chi connectivity index (χ1) is 3.71. The van der Waals surface area contributed by atoms with Crippen LogP contribution in [0.25, 0.3) is 0 Å². The normalized spacial score (nSPS) is 11.1. The smallest absolute Gasteiger partial charge is 0 e. The van der Waals surface area contributed by atoms with Crippen molar-refractivity contribution < 1.29 is 53.6 Å². The maximum Gasteiger partial charge on any atom is 0 e. The van der Waals surface area contributed by atoms with Crippen molar-refractivity contribution in [2.45, 2.75) is 0 Å². The first-order valence-corrected chi connectivity index (χ1v) is 5.63. The molecule has 62 valence electrons. The molecule has 0 unspecified atom stereocenters. The fourth-order valence-corrected chi connectivity index (χ4v) is 1.85. The van der Waals surface area contributed by atoms with Crippen LogP contribution in [0.15, 0.2) is 0 Å². The zero-order valence-electron chi connectivity index (χ0n) is 4.91. The minimum absolute atomic E-state index is 0. The van der Waals surface area contributed by atoms with Gasteiger partial charge in [0.25, 0.3) is 0 Å². The minimum Gasteiger partial charge on any atom is 0 e. The number of hydrogen-bond donors (Lipinski definition) is 2. The van der Waals surface area contributed by atoms with Crippen molar-refractivity contribution in [1.29, 1.82) is 0 Å². The summed E-state index contributed by atoms with van der Waals surface area (Å²) in [7, 11) is 0. The van der Waals surface area contributed by atoms with Crippen LogP contribution in [0.1, 0.15) is 0 Å². The molecule has 0 spiro atoms. The van der Waals surface area contributed by atoms with Gasteiger partial charge in [-0.15, -0.1) is 0 Å². The molecule has 0 rings (SSSR count). The van der Waals surface area contributed by atoms with Crippen molar-refractivity contribution in [3.05, 3.63) is 0 Å². The van der Waals surface area contributed by atoms with Crippen LogP contribution < -0.4 is 0 Å². The van der Waals surface area contributed by atoms with E-state index in [1.807, 2.05) is 0 Å². The summed E-state index contributed by atoms with van der Waals surface area (Å²) in [4.78, 5) is 0. The second kappa shape index (κ2) is 6.44. The Balaban J connectivity index is -0.000000320. The summed E-state index contributed by atoms with van der Waals surface area (Å²) < 4.78 is 56.3. The van der Waals surface area contributed by atoms with Crippen LogP contribution in [0.4, 0.5) is 0 Å². The average Bonchev–Trinajstić information content (AvgIpc) is 1.14. The molecule has 0 heterocycles. The standard InChI is InChI=1S/2Cr.2H2O.5O.2Tl/h;;2*1H2;;;;;;;/q2*+1;;;;;;;;;/p-2. The van der Waals surface area contributed by atoms with Crippen molar-refractivity contribution >= 4 is 54.6 Å². The van der Waals surface area contributed by atoms with Crippen molar-refractivity contribution in [3.63, 3.8) is 0 Å². The first-order valence-electron chi connectivity index (χ1n) is 1.37. The second-order valence-electron chi connectivity index (χ2n) is 0.924. The van der Waals surface area contributed by atoms with Gasteiger partial charge in [0.2, 0.25) is 0 Å². The first kappa shape index (κ1) is 18.7. The third-order valence-corrected chi connectivity index (χ3v) is 2.92. The fourth-order valence-electron chi connectivity index (χ4n) is 0.109. The zero-order chi connectivity index (χ0) is 7.71. The second-order valence-corrected chi connectivity index (χ2v) is 4.68. The Morgan fingerprint density at radius 2 is 1.00 bits per heavy atom. The minimum atomic E-state index is -5.76. The van der Waals surface area contributed by atoms with Crippen molar-refractivity contribution in [3.8, 4) is 0 Å². The summed E-state index contributed by atoms with van der Waals surface area (Å²) >= 11 is -11.5. The molecular formula is H2Cr2O7Tl2. The Kier molecular flexibility index (Phi) is 11.0. The van der Waals surface area contributed by atoms with Crippen molar-refractivity contribution in [2.24, 2.45) is 0 Å². The van der Waals surface area contributed by atoms with Gasteiger partial charge in [0.15, 0.2) is 0 Å². The molecule has 0 fully saturated rings. The van der Waals surface area contributed by atoms with E-state index in [0.717, 1.165) is 0 Å². The van der Waals surface area contributed by atoms with E-state index >= 15 is 0 Å². The molecular weight excluding hydrogens is 625 g/mol. The van der Waals surface area contributed by atoms with Gasteiger partial charge in [-0.1, -0.05) is 0 Å². The molecule has 0 aliphatic rings. The van der Waals surface area contributed by atoms with E-state index < -0.39 is 27.2 Å². The van der Waals surface area contributed by atoms with Crippen molar-refractivity contribution in [1.82, 2.24) is 0 Å². The zero-order valence-corrected chi connectivity index (χ0v) is 16.4. The largest absolute Gasteiger partial charge is 0 e. The average molecular weight is 627 g/mol. The molecule has 0 bridgehead atoms. The van der Waals surface area contributed by atoms with E-state index in [0.29, 0.717) is 0 Å². The third-order valence-electron chi connectivity index (χ3n) is 0.172. The molecule has 0 saturated heterocycles. The third kappa shape index (κ3) is 18.7. The van der Waals surface area contributed by atoms with Gasteiger partial charge >= 0.3 is 53.6 Å². The van der Waals surface area contributed by atoms with E-state index in [2.05, 4.69) is 2.84 Å². The monoisotopic (exact) mass is 628 g/mol. The van der Waals surface area contributed by atoms with Gasteiger partial charge in [0.05, 0.1) is 0 Å². The number of rotatable bonds is 2. The summed E-state index contributed by atoms with van der Waals surface area (Å²) in [6, 6.07) is 0. The van der Waals surface area contributed by atoms with E-state index in [1.54, 1.807) is 0 Å². The molecule has 0 aromatic carbocycles. The summed E-state index contributed by atoms with van der Waals surface area (Å²) in [5.41, 5.74) is 0. The Labute approximate surface area is 107 Å². The Morgan fingerprint density at radius 3 is 1.00 bits per heavy atom. The molecule has 0 aromatic heterocycles. The summed E-state index contributed by atoms with van der Waals surface area (Å²) in [5, 5.41) is 0. The molecule has 0 aromatic rings. The van der Waals surface area contributed by atoms with Crippen LogP contribution in [0.5, 0.6) is 0 Å². The molecule has 0 atom stereocenters. The Bertz CT molecular complexity index is 240. The van der Waals surface area contributed by atoms with E-state index in [9.17, 15) is 15.2 Å². The van der Waals surface area contributed by atoms with Gasteiger partial charge in [-0.3, -0.25) is 0 Å². The van der Waals surface area contributed by atoms with Gasteiger partial charge < -0.3 is 0 Å². The molecule has 11 heteroatoms. The maximum absolute atomic E-state index is 9.53. The van der Waals surface area contributed by atoms with Gasteiger partial charge in [0, 0.05) is 54.6 Å². The molecule has 7 nitrogen and oxygen atoms in total. The van der Waals surface area contributed by atoms with E-state index in [-0.39, 0.29) is 54.6 Å². The number of hydrogen-bond acceptors (Lipinski definition) is 5. The summed E-state index contributed by atoms with van der Waals surface area (Å²) in [5.74, 6) is 0. The van der Waals surface area contributed by atoms with Crippen LogP contribution in [-0.2, 0) is 45.3 Å². The van der Waals surface area contributed by atoms with Crippen LogP contribution >= 0.6 is 0 Å². The van der Waals surface area contributed by atoms with Crippen LogP contribution in [0, 0.1) is 0 Å². The molecule has 0 aliphatic carbocycles. The van der Waals surface area contributed by atoms with Crippen LogP contribution in [0.2, 0.25) is 0 Å². The quantitative estimate of drug-likeness (QED) is 0.328. The summed E-state index contributed by atoms with van der Waals surface area (Å²) in [6.45, 7) is 0. The van der Waals surface area contributed by atoms with Gasteiger partial charge in [-0.05, 0) is 0 Å². The fraction of sp³-hybridized carbons (Fsp3) is 0. The van der Waals surface area contributed by atoms with Crippen molar-refractivity contribution in [2.75, 3.05) is 0 Å². The van der Waals surface area contributed by atoms with Gasteiger partial charge in [0.1, 0.15) is 0 Å². The molecule has 0 saturated carbocycles. The Hall–Kier alpha value is 1.99. The molecule has 11 heavy (non-hydrogen) atoms.